The number of hydrogen-bond acceptors (Lipinski definition) is 5. The molecule has 1 amide bonds. The van der Waals surface area contributed by atoms with Crippen molar-refractivity contribution in [3.05, 3.63) is 79.2 Å². The lowest BCUT2D eigenvalue weighted by molar-refractivity contribution is -0.116. The molecule has 0 bridgehead atoms. The number of rotatable bonds is 5. The van der Waals surface area contributed by atoms with E-state index < -0.39 is 0 Å². The van der Waals surface area contributed by atoms with Crippen molar-refractivity contribution in [1.29, 1.82) is 5.26 Å². The van der Waals surface area contributed by atoms with E-state index in [4.69, 9.17) is 5.26 Å². The van der Waals surface area contributed by atoms with Crippen LogP contribution in [0.3, 0.4) is 0 Å². The number of hydrogen-bond donors (Lipinski definition) is 1. The van der Waals surface area contributed by atoms with Crippen molar-refractivity contribution < 1.29 is 4.79 Å². The molecule has 0 spiro atoms. The predicted molar refractivity (Wildman–Crippen MR) is 122 cm³/mol. The second kappa shape index (κ2) is 9.25. The molecule has 0 saturated heterocycles. The molecular weight excluding hydrogens is 396 g/mol. The fourth-order valence-electron chi connectivity index (χ4n) is 2.85. The molecule has 0 unspecified atom stereocenters. The first kappa shape index (κ1) is 21.1. The quantitative estimate of drug-likeness (QED) is 0.688. The maximum atomic E-state index is 12.9. The number of anilines is 2. The summed E-state index contributed by atoms with van der Waals surface area (Å²) >= 11 is 1.19. The van der Waals surface area contributed by atoms with E-state index in [0.717, 1.165) is 16.8 Å². The van der Waals surface area contributed by atoms with Crippen molar-refractivity contribution in [3.63, 3.8) is 0 Å². The monoisotopic (exact) mass is 418 g/mol. The molecule has 1 aromatic heterocycles. The van der Waals surface area contributed by atoms with Gasteiger partial charge < -0.3 is 10.2 Å². The fourth-order valence-corrected chi connectivity index (χ4v) is 3.84. The molecule has 0 saturated carbocycles. The van der Waals surface area contributed by atoms with Crippen molar-refractivity contribution in [2.24, 2.45) is 0 Å². The van der Waals surface area contributed by atoms with Crippen molar-refractivity contribution in [1.82, 2.24) is 4.57 Å². The number of amides is 1. The van der Waals surface area contributed by atoms with Crippen LogP contribution < -0.4 is 25.0 Å². The summed E-state index contributed by atoms with van der Waals surface area (Å²) < 4.78 is 2.24. The van der Waals surface area contributed by atoms with Crippen molar-refractivity contribution in [2.75, 3.05) is 24.3 Å². The average Bonchev–Trinajstić information content (AvgIpc) is 2.99. The number of aromatic nitrogens is 1. The zero-order valence-electron chi connectivity index (χ0n) is 17.0. The van der Waals surface area contributed by atoms with Gasteiger partial charge in [0.05, 0.1) is 10.6 Å². The van der Waals surface area contributed by atoms with Gasteiger partial charge in [0.25, 0.3) is 5.56 Å². The Bertz CT molecular complexity index is 1260. The minimum atomic E-state index is -0.326. The summed E-state index contributed by atoms with van der Waals surface area (Å²) in [7, 11) is 3.92. The van der Waals surface area contributed by atoms with Crippen LogP contribution in [-0.2, 0) is 11.3 Å². The highest BCUT2D eigenvalue weighted by Crippen LogP contribution is 2.12. The van der Waals surface area contributed by atoms with Gasteiger partial charge in [-0.3, -0.25) is 14.2 Å². The molecule has 0 aliphatic heterocycles. The van der Waals surface area contributed by atoms with Crippen LogP contribution in [0, 0.1) is 18.3 Å². The Hall–Kier alpha value is -3.63. The lowest BCUT2D eigenvalue weighted by Crippen LogP contribution is -2.35. The predicted octanol–water partition coefficient (Wildman–Crippen LogP) is 2.06. The van der Waals surface area contributed by atoms with E-state index in [1.54, 1.807) is 6.08 Å². The Morgan fingerprint density at radius 3 is 2.43 bits per heavy atom. The molecule has 6 nitrogen and oxygen atoms in total. The zero-order valence-corrected chi connectivity index (χ0v) is 17.9. The van der Waals surface area contributed by atoms with Gasteiger partial charge in [-0.05, 0) is 42.8 Å². The molecule has 1 heterocycles. The van der Waals surface area contributed by atoms with E-state index in [9.17, 15) is 9.59 Å². The van der Waals surface area contributed by atoms with Gasteiger partial charge in [-0.1, -0.05) is 29.8 Å². The molecule has 0 radical (unpaired) electrons. The Labute approximate surface area is 178 Å². The van der Waals surface area contributed by atoms with Crippen molar-refractivity contribution in [3.8, 4) is 6.07 Å². The number of nitrogens with zero attached hydrogens (tertiary/aromatic N) is 3. The van der Waals surface area contributed by atoms with Crippen LogP contribution in [0.4, 0.5) is 11.4 Å². The molecule has 0 fully saturated rings. The lowest BCUT2D eigenvalue weighted by Gasteiger charge is -2.11. The summed E-state index contributed by atoms with van der Waals surface area (Å²) in [6.07, 6.45) is 3.06. The number of carbonyl (C=O) groups is 1. The maximum absolute atomic E-state index is 12.9. The molecule has 0 aliphatic rings. The maximum Gasteiger partial charge on any atom is 0.269 e. The fraction of sp³-hybridized carbons (Fsp3) is 0.174. The third-order valence-electron chi connectivity index (χ3n) is 4.47. The van der Waals surface area contributed by atoms with E-state index >= 15 is 0 Å². The van der Waals surface area contributed by atoms with Crippen LogP contribution in [0.1, 0.15) is 11.1 Å². The summed E-state index contributed by atoms with van der Waals surface area (Å²) in [4.78, 5) is 27.4. The second-order valence-electron chi connectivity index (χ2n) is 7.01. The van der Waals surface area contributed by atoms with Gasteiger partial charge in [-0.15, -0.1) is 11.3 Å². The molecule has 152 valence electrons. The highest BCUT2D eigenvalue weighted by Gasteiger charge is 2.10. The van der Waals surface area contributed by atoms with Gasteiger partial charge in [0.1, 0.15) is 11.2 Å². The molecule has 2 aromatic carbocycles. The smallest absolute Gasteiger partial charge is 0.269 e. The summed E-state index contributed by atoms with van der Waals surface area (Å²) in [6, 6.07) is 17.2. The summed E-state index contributed by atoms with van der Waals surface area (Å²) in [5.41, 5.74) is 3.39. The highest BCUT2D eigenvalue weighted by atomic mass is 32.1. The number of carbonyl (C=O) groups excluding carboxylic acids is 1. The van der Waals surface area contributed by atoms with Crippen LogP contribution in [0.2, 0.25) is 0 Å². The van der Waals surface area contributed by atoms with Gasteiger partial charge in [0.2, 0.25) is 5.91 Å². The van der Waals surface area contributed by atoms with E-state index in [-0.39, 0.29) is 18.0 Å². The number of thiazole rings is 1. The number of nitrogens with one attached hydrogen (secondary N) is 1. The van der Waals surface area contributed by atoms with E-state index in [1.165, 1.54) is 22.0 Å². The zero-order chi connectivity index (χ0) is 21.7. The molecule has 30 heavy (non-hydrogen) atoms. The van der Waals surface area contributed by atoms with Gasteiger partial charge in [0.15, 0.2) is 0 Å². The average molecular weight is 419 g/mol. The standard InChI is InChI=1S/C23H22N4O2S/c1-16-4-8-18(9-5-16)25-21(28)15-27-22(12-13-24)30-20(23(27)29)14-17-6-10-19(11-7-17)26(2)3/h4-12,14H,15H2,1-3H3,(H,25,28)/b20-14-,22-12-. The van der Waals surface area contributed by atoms with Crippen molar-refractivity contribution >= 4 is 40.8 Å². The third-order valence-corrected chi connectivity index (χ3v) is 5.53. The minimum Gasteiger partial charge on any atom is -0.378 e. The topological polar surface area (TPSA) is 78.1 Å². The van der Waals surface area contributed by atoms with Crippen LogP contribution in [0.15, 0.2) is 53.3 Å². The summed E-state index contributed by atoms with van der Waals surface area (Å²) in [5, 5.41) is 11.9. The van der Waals surface area contributed by atoms with Gasteiger partial charge in [0, 0.05) is 31.5 Å². The van der Waals surface area contributed by atoms with Crippen LogP contribution in [0.5, 0.6) is 0 Å². The van der Waals surface area contributed by atoms with E-state index in [1.807, 2.05) is 80.5 Å². The largest absolute Gasteiger partial charge is 0.378 e. The molecular formula is C23H22N4O2S. The van der Waals surface area contributed by atoms with Crippen LogP contribution in [0.25, 0.3) is 12.2 Å². The lowest BCUT2D eigenvalue weighted by atomic mass is 10.2. The first-order chi connectivity index (χ1) is 14.4. The molecule has 0 aliphatic carbocycles. The second-order valence-corrected chi connectivity index (χ2v) is 8.08. The SMILES string of the molecule is Cc1ccc(NC(=O)Cn2c(=O)/c(=C/c3ccc(N(C)C)cc3)s/c2=C\C#N)cc1. The molecule has 3 rings (SSSR count). The van der Waals surface area contributed by atoms with E-state index in [0.29, 0.717) is 14.9 Å². The summed E-state index contributed by atoms with van der Waals surface area (Å²) in [6.45, 7) is 1.80. The van der Waals surface area contributed by atoms with Gasteiger partial charge in [-0.2, -0.15) is 5.26 Å². The molecule has 3 aromatic rings. The number of benzene rings is 2. The minimum absolute atomic E-state index is 0.163. The molecule has 1 N–H and O–H groups in total. The van der Waals surface area contributed by atoms with E-state index in [2.05, 4.69) is 5.32 Å². The first-order valence-electron chi connectivity index (χ1n) is 9.32. The van der Waals surface area contributed by atoms with Crippen LogP contribution in [-0.4, -0.2) is 24.6 Å². The Balaban J connectivity index is 1.91. The van der Waals surface area contributed by atoms with Crippen molar-refractivity contribution in [2.45, 2.75) is 13.5 Å². The molecule has 0 atom stereocenters. The summed E-state index contributed by atoms with van der Waals surface area (Å²) in [5.74, 6) is -0.326. The Morgan fingerprint density at radius 1 is 1.17 bits per heavy atom. The highest BCUT2D eigenvalue weighted by molar-refractivity contribution is 7.07. The first-order valence-corrected chi connectivity index (χ1v) is 10.1. The number of aryl methyl sites for hydroxylation is 1. The third kappa shape index (κ3) is 5.04. The Kier molecular flexibility index (Phi) is 6.50. The van der Waals surface area contributed by atoms with Gasteiger partial charge >= 0.3 is 0 Å². The number of nitriles is 1. The van der Waals surface area contributed by atoms with Gasteiger partial charge in [-0.25, -0.2) is 0 Å². The van der Waals surface area contributed by atoms with Crippen LogP contribution >= 0.6 is 11.3 Å². The normalized spacial score (nSPS) is 11.9. The molecule has 7 heteroatoms. The Morgan fingerprint density at radius 2 is 1.83 bits per heavy atom.